The Kier molecular flexibility index (Phi) is 2.64. The van der Waals surface area contributed by atoms with Gasteiger partial charge in [0, 0.05) is 34.8 Å². The number of nitrogens with two attached hydrogens (primary N) is 1. The summed E-state index contributed by atoms with van der Waals surface area (Å²) in [5.41, 5.74) is 9.94. The SMILES string of the molecule is Cc1[nH]c(CCN)nc1-c1c[nH]c2ccccc12. The number of para-hydroxylation sites is 1. The molecule has 0 saturated heterocycles. The fourth-order valence-electron chi connectivity index (χ4n) is 2.31. The van der Waals surface area contributed by atoms with E-state index in [2.05, 4.69) is 27.1 Å². The summed E-state index contributed by atoms with van der Waals surface area (Å²) < 4.78 is 0. The van der Waals surface area contributed by atoms with Crippen LogP contribution in [0.2, 0.25) is 0 Å². The second-order valence-corrected chi connectivity index (χ2v) is 4.44. The second kappa shape index (κ2) is 4.31. The van der Waals surface area contributed by atoms with Crippen molar-refractivity contribution in [2.24, 2.45) is 5.73 Å². The van der Waals surface area contributed by atoms with Gasteiger partial charge in [-0.05, 0) is 19.5 Å². The largest absolute Gasteiger partial charge is 0.360 e. The van der Waals surface area contributed by atoms with Crippen LogP contribution in [0.4, 0.5) is 0 Å². The molecule has 4 N–H and O–H groups in total. The van der Waals surface area contributed by atoms with E-state index in [0.717, 1.165) is 34.7 Å². The van der Waals surface area contributed by atoms with Crippen LogP contribution in [-0.2, 0) is 6.42 Å². The molecule has 0 fully saturated rings. The van der Waals surface area contributed by atoms with Gasteiger partial charge in [0.05, 0.1) is 5.69 Å². The second-order valence-electron chi connectivity index (χ2n) is 4.44. The third-order valence-corrected chi connectivity index (χ3v) is 3.16. The van der Waals surface area contributed by atoms with Gasteiger partial charge in [-0.15, -0.1) is 0 Å². The minimum absolute atomic E-state index is 0.611. The predicted molar refractivity (Wildman–Crippen MR) is 73.4 cm³/mol. The molecule has 1 aromatic carbocycles. The van der Waals surface area contributed by atoms with Gasteiger partial charge in [0.15, 0.2) is 0 Å². The summed E-state index contributed by atoms with van der Waals surface area (Å²) in [5, 5.41) is 1.20. The van der Waals surface area contributed by atoms with Crippen molar-refractivity contribution in [1.29, 1.82) is 0 Å². The van der Waals surface area contributed by atoms with Gasteiger partial charge in [-0.2, -0.15) is 0 Å². The molecule has 0 bridgehead atoms. The third kappa shape index (κ3) is 1.71. The molecular formula is C14H16N4. The normalized spacial score (nSPS) is 11.2. The molecule has 18 heavy (non-hydrogen) atoms. The van der Waals surface area contributed by atoms with Gasteiger partial charge in [0.2, 0.25) is 0 Å². The first kappa shape index (κ1) is 11.0. The van der Waals surface area contributed by atoms with Gasteiger partial charge < -0.3 is 15.7 Å². The highest BCUT2D eigenvalue weighted by molar-refractivity contribution is 5.95. The molecule has 0 amide bonds. The van der Waals surface area contributed by atoms with E-state index < -0.39 is 0 Å². The van der Waals surface area contributed by atoms with Crippen molar-refractivity contribution in [3.8, 4) is 11.3 Å². The zero-order valence-electron chi connectivity index (χ0n) is 10.3. The van der Waals surface area contributed by atoms with Crippen LogP contribution in [0.1, 0.15) is 11.5 Å². The van der Waals surface area contributed by atoms with Gasteiger partial charge >= 0.3 is 0 Å². The summed E-state index contributed by atoms with van der Waals surface area (Å²) in [7, 11) is 0. The Morgan fingerprint density at radius 1 is 1.28 bits per heavy atom. The molecule has 0 radical (unpaired) electrons. The van der Waals surface area contributed by atoms with Crippen LogP contribution in [0.5, 0.6) is 0 Å². The van der Waals surface area contributed by atoms with Crippen molar-refractivity contribution in [2.45, 2.75) is 13.3 Å². The van der Waals surface area contributed by atoms with E-state index in [1.807, 2.05) is 25.3 Å². The Morgan fingerprint density at radius 2 is 2.11 bits per heavy atom. The average molecular weight is 240 g/mol. The lowest BCUT2D eigenvalue weighted by Crippen LogP contribution is -2.03. The molecule has 0 aliphatic heterocycles. The number of aromatic nitrogens is 3. The number of benzene rings is 1. The van der Waals surface area contributed by atoms with E-state index >= 15 is 0 Å². The maximum Gasteiger partial charge on any atom is 0.108 e. The summed E-state index contributed by atoms with van der Waals surface area (Å²) in [6.07, 6.45) is 2.79. The maximum absolute atomic E-state index is 5.56. The molecule has 4 nitrogen and oxygen atoms in total. The van der Waals surface area contributed by atoms with E-state index in [0.29, 0.717) is 6.54 Å². The van der Waals surface area contributed by atoms with Gasteiger partial charge in [-0.3, -0.25) is 0 Å². The lowest BCUT2D eigenvalue weighted by atomic mass is 10.1. The molecule has 92 valence electrons. The number of nitrogens with zero attached hydrogens (tertiary/aromatic N) is 1. The van der Waals surface area contributed by atoms with Crippen LogP contribution in [0.3, 0.4) is 0 Å². The number of H-pyrrole nitrogens is 2. The van der Waals surface area contributed by atoms with Crippen LogP contribution in [0, 0.1) is 6.92 Å². The van der Waals surface area contributed by atoms with Gasteiger partial charge in [0.25, 0.3) is 0 Å². The number of aryl methyl sites for hydroxylation is 1. The monoisotopic (exact) mass is 240 g/mol. The van der Waals surface area contributed by atoms with Gasteiger partial charge in [0.1, 0.15) is 5.82 Å². The summed E-state index contributed by atoms with van der Waals surface area (Å²) in [4.78, 5) is 11.2. The molecule has 3 aromatic rings. The number of imidazole rings is 1. The zero-order chi connectivity index (χ0) is 12.5. The van der Waals surface area contributed by atoms with Crippen LogP contribution in [0.25, 0.3) is 22.2 Å². The van der Waals surface area contributed by atoms with Crippen LogP contribution in [-0.4, -0.2) is 21.5 Å². The Bertz CT molecular complexity index is 678. The Balaban J connectivity index is 2.14. The Morgan fingerprint density at radius 3 is 2.94 bits per heavy atom. The summed E-state index contributed by atoms with van der Waals surface area (Å²) >= 11 is 0. The number of aromatic amines is 2. The average Bonchev–Trinajstić information content (AvgIpc) is 2.93. The Hall–Kier alpha value is -2.07. The van der Waals surface area contributed by atoms with Crippen molar-refractivity contribution < 1.29 is 0 Å². The number of fused-ring (bicyclic) bond motifs is 1. The minimum atomic E-state index is 0.611. The summed E-state index contributed by atoms with van der Waals surface area (Å²) in [6.45, 7) is 2.66. The first-order valence-electron chi connectivity index (χ1n) is 6.11. The molecule has 2 heterocycles. The summed E-state index contributed by atoms with van der Waals surface area (Å²) in [5.74, 6) is 0.954. The molecule has 0 spiro atoms. The van der Waals surface area contributed by atoms with Crippen molar-refractivity contribution >= 4 is 10.9 Å². The topological polar surface area (TPSA) is 70.5 Å². The van der Waals surface area contributed by atoms with Crippen LogP contribution >= 0.6 is 0 Å². The van der Waals surface area contributed by atoms with E-state index in [1.54, 1.807) is 0 Å². The quantitative estimate of drug-likeness (QED) is 0.657. The smallest absolute Gasteiger partial charge is 0.108 e. The standard InChI is InChI=1S/C14H16N4/c1-9-14(18-13(17-9)6-7-15)11-8-16-12-5-3-2-4-10(11)12/h2-5,8,16H,6-7,15H2,1H3,(H,17,18). The van der Waals surface area contributed by atoms with Crippen molar-refractivity contribution in [3.05, 3.63) is 42.0 Å². The highest BCUT2D eigenvalue weighted by atomic mass is 14.9. The highest BCUT2D eigenvalue weighted by Crippen LogP contribution is 2.29. The van der Waals surface area contributed by atoms with Crippen LogP contribution in [0.15, 0.2) is 30.5 Å². The fourth-order valence-corrected chi connectivity index (χ4v) is 2.31. The van der Waals surface area contributed by atoms with Gasteiger partial charge in [-0.25, -0.2) is 4.98 Å². The van der Waals surface area contributed by atoms with Crippen molar-refractivity contribution in [2.75, 3.05) is 6.54 Å². The number of rotatable bonds is 3. The molecule has 0 aliphatic rings. The molecule has 2 aromatic heterocycles. The highest BCUT2D eigenvalue weighted by Gasteiger charge is 2.12. The first-order valence-corrected chi connectivity index (χ1v) is 6.11. The molecule has 0 unspecified atom stereocenters. The van der Waals surface area contributed by atoms with E-state index in [1.165, 1.54) is 5.39 Å². The molecule has 0 atom stereocenters. The molecule has 0 aliphatic carbocycles. The Labute approximate surface area is 105 Å². The maximum atomic E-state index is 5.56. The van der Waals surface area contributed by atoms with Crippen molar-refractivity contribution in [3.63, 3.8) is 0 Å². The zero-order valence-corrected chi connectivity index (χ0v) is 10.3. The molecule has 3 rings (SSSR count). The molecule has 0 saturated carbocycles. The molecular weight excluding hydrogens is 224 g/mol. The fraction of sp³-hybridized carbons (Fsp3) is 0.214. The lowest BCUT2D eigenvalue weighted by Gasteiger charge is -1.95. The number of nitrogens with one attached hydrogen (secondary N) is 2. The minimum Gasteiger partial charge on any atom is -0.360 e. The third-order valence-electron chi connectivity index (χ3n) is 3.16. The number of hydrogen-bond acceptors (Lipinski definition) is 2. The van der Waals surface area contributed by atoms with E-state index in [-0.39, 0.29) is 0 Å². The predicted octanol–water partition coefficient (Wildman–Crippen LogP) is 2.37. The molecule has 4 heteroatoms. The van der Waals surface area contributed by atoms with E-state index in [9.17, 15) is 0 Å². The summed E-state index contributed by atoms with van der Waals surface area (Å²) in [6, 6.07) is 8.25. The first-order chi connectivity index (χ1) is 8.79. The number of hydrogen-bond donors (Lipinski definition) is 3. The van der Waals surface area contributed by atoms with Gasteiger partial charge in [-0.1, -0.05) is 18.2 Å². The lowest BCUT2D eigenvalue weighted by molar-refractivity contribution is 0.891. The van der Waals surface area contributed by atoms with E-state index in [4.69, 9.17) is 5.73 Å². The van der Waals surface area contributed by atoms with Crippen LogP contribution < -0.4 is 5.73 Å². The van der Waals surface area contributed by atoms with Crippen molar-refractivity contribution in [1.82, 2.24) is 15.0 Å².